The molecule has 174 valence electrons. The van der Waals surface area contributed by atoms with Crippen LogP contribution in [0.2, 0.25) is 5.15 Å². The largest absolute Gasteiger partial charge is 0.493 e. The normalized spacial score (nSPS) is 12.9. The number of nitrogens with zero attached hydrogens (tertiary/aromatic N) is 3. The standard InChI is InChI=1S/C18H18ClF5N6O2/c1-8(18(22,23)24)26-15-13(14(19)27-16-28-17(31)29-30(15)16)12-10(20)6-9(7-11(12)21)32-5-3-4-25-2/h6-8,25-26H,3-5H2,1-2H3,(H,29,31)/t8-/m0/s1. The van der Waals surface area contributed by atoms with Crippen molar-refractivity contribution in [1.82, 2.24) is 24.9 Å². The van der Waals surface area contributed by atoms with Crippen LogP contribution in [0, 0.1) is 11.6 Å². The summed E-state index contributed by atoms with van der Waals surface area (Å²) in [5.74, 6) is -3.34. The number of hydrogen-bond donors (Lipinski definition) is 3. The Labute approximate surface area is 182 Å². The molecule has 0 aliphatic carbocycles. The number of alkyl halides is 3. The van der Waals surface area contributed by atoms with Gasteiger partial charge in [-0.1, -0.05) is 11.6 Å². The minimum atomic E-state index is -4.72. The first kappa shape index (κ1) is 23.7. The predicted molar refractivity (Wildman–Crippen MR) is 107 cm³/mol. The van der Waals surface area contributed by atoms with E-state index in [1.165, 1.54) is 0 Å². The number of nitrogens with one attached hydrogen (secondary N) is 3. The molecule has 3 rings (SSSR count). The van der Waals surface area contributed by atoms with Crippen LogP contribution in [-0.2, 0) is 0 Å². The molecule has 32 heavy (non-hydrogen) atoms. The van der Waals surface area contributed by atoms with Crippen molar-refractivity contribution in [2.45, 2.75) is 25.6 Å². The van der Waals surface area contributed by atoms with Crippen molar-refractivity contribution in [3.63, 3.8) is 0 Å². The molecule has 3 N–H and O–H groups in total. The van der Waals surface area contributed by atoms with Gasteiger partial charge in [-0.3, -0.25) is 0 Å². The second-order valence-electron chi connectivity index (χ2n) is 6.77. The summed E-state index contributed by atoms with van der Waals surface area (Å²) >= 11 is 6.08. The van der Waals surface area contributed by atoms with Gasteiger partial charge in [0, 0.05) is 12.1 Å². The second-order valence-corrected chi connectivity index (χ2v) is 7.12. The summed E-state index contributed by atoms with van der Waals surface area (Å²) in [4.78, 5) is 18.9. The molecule has 0 amide bonds. The summed E-state index contributed by atoms with van der Waals surface area (Å²) in [5, 5.41) is 6.56. The van der Waals surface area contributed by atoms with Gasteiger partial charge in [0.1, 0.15) is 34.4 Å². The summed E-state index contributed by atoms with van der Waals surface area (Å²) in [6.07, 6.45) is -4.15. The Morgan fingerprint density at radius 1 is 1.22 bits per heavy atom. The van der Waals surface area contributed by atoms with Crippen LogP contribution in [0.5, 0.6) is 5.75 Å². The molecule has 0 aliphatic heterocycles. The highest BCUT2D eigenvalue weighted by Gasteiger charge is 2.37. The lowest BCUT2D eigenvalue weighted by Crippen LogP contribution is -2.34. The molecule has 0 saturated carbocycles. The zero-order chi connectivity index (χ0) is 23.6. The zero-order valence-electron chi connectivity index (χ0n) is 16.8. The van der Waals surface area contributed by atoms with Gasteiger partial charge in [0.2, 0.25) is 0 Å². The number of rotatable bonds is 8. The van der Waals surface area contributed by atoms with E-state index in [9.17, 15) is 26.7 Å². The molecule has 0 unspecified atom stereocenters. The van der Waals surface area contributed by atoms with E-state index in [1.807, 2.05) is 0 Å². The van der Waals surface area contributed by atoms with E-state index in [4.69, 9.17) is 16.3 Å². The number of hydrogen-bond acceptors (Lipinski definition) is 6. The number of H-pyrrole nitrogens is 1. The monoisotopic (exact) mass is 480 g/mol. The minimum Gasteiger partial charge on any atom is -0.493 e. The number of benzene rings is 1. The van der Waals surface area contributed by atoms with Crippen molar-refractivity contribution in [3.8, 4) is 16.9 Å². The van der Waals surface area contributed by atoms with Gasteiger partial charge in [-0.2, -0.15) is 23.1 Å². The van der Waals surface area contributed by atoms with Crippen molar-refractivity contribution in [2.75, 3.05) is 25.5 Å². The third-order valence-electron chi connectivity index (χ3n) is 4.42. The molecule has 2 heterocycles. The summed E-state index contributed by atoms with van der Waals surface area (Å²) in [7, 11) is 1.74. The maximum Gasteiger partial charge on any atom is 0.408 e. The highest BCUT2D eigenvalue weighted by atomic mass is 35.5. The predicted octanol–water partition coefficient (Wildman–Crippen LogP) is 3.37. The van der Waals surface area contributed by atoms with Gasteiger partial charge in [-0.25, -0.2) is 23.2 Å². The molecule has 3 aromatic rings. The van der Waals surface area contributed by atoms with Crippen LogP contribution in [0.4, 0.5) is 27.8 Å². The quantitative estimate of drug-likeness (QED) is 0.260. The van der Waals surface area contributed by atoms with Gasteiger partial charge in [0.15, 0.2) is 0 Å². The maximum atomic E-state index is 14.9. The first-order valence-corrected chi connectivity index (χ1v) is 9.69. The highest BCUT2D eigenvalue weighted by molar-refractivity contribution is 6.33. The fourth-order valence-electron chi connectivity index (χ4n) is 2.85. The van der Waals surface area contributed by atoms with E-state index in [-0.39, 0.29) is 18.1 Å². The average molecular weight is 481 g/mol. The lowest BCUT2D eigenvalue weighted by atomic mass is 10.1. The molecular formula is C18H18ClF5N6O2. The van der Waals surface area contributed by atoms with Crippen LogP contribution < -0.4 is 21.1 Å². The van der Waals surface area contributed by atoms with Crippen LogP contribution >= 0.6 is 11.6 Å². The van der Waals surface area contributed by atoms with Gasteiger partial charge >= 0.3 is 11.9 Å². The molecule has 2 aromatic heterocycles. The summed E-state index contributed by atoms with van der Waals surface area (Å²) in [6.45, 7) is 1.59. The SMILES string of the molecule is CNCCCOc1cc(F)c(-c2c(Cl)nc3nc(=O)[nH]n3c2N[C@@H](C)C(F)(F)F)c(F)c1. The number of aromatic amines is 1. The van der Waals surface area contributed by atoms with Crippen LogP contribution in [0.25, 0.3) is 16.9 Å². The van der Waals surface area contributed by atoms with Gasteiger partial charge < -0.3 is 15.4 Å². The van der Waals surface area contributed by atoms with Crippen LogP contribution in [0.3, 0.4) is 0 Å². The van der Waals surface area contributed by atoms with Crippen molar-refractivity contribution in [1.29, 1.82) is 0 Å². The zero-order valence-corrected chi connectivity index (χ0v) is 17.5. The molecule has 1 atom stereocenters. The molecule has 0 radical (unpaired) electrons. The lowest BCUT2D eigenvalue weighted by Gasteiger charge is -2.22. The van der Waals surface area contributed by atoms with Gasteiger partial charge in [0.25, 0.3) is 5.78 Å². The third kappa shape index (κ3) is 4.93. The Bertz CT molecular complexity index is 1160. The molecule has 8 nitrogen and oxygen atoms in total. The van der Waals surface area contributed by atoms with E-state index in [1.54, 1.807) is 7.05 Å². The molecule has 0 aliphatic rings. The average Bonchev–Trinajstić information content (AvgIpc) is 3.05. The fourth-order valence-corrected chi connectivity index (χ4v) is 3.11. The number of fused-ring (bicyclic) bond motifs is 1. The Morgan fingerprint density at radius 3 is 2.47 bits per heavy atom. The van der Waals surface area contributed by atoms with Crippen LogP contribution in [0.1, 0.15) is 13.3 Å². The minimum absolute atomic E-state index is 0.112. The fraction of sp³-hybridized carbons (Fsp3) is 0.389. The third-order valence-corrected chi connectivity index (χ3v) is 4.70. The summed E-state index contributed by atoms with van der Waals surface area (Å²) in [6, 6.07) is -0.410. The van der Waals surface area contributed by atoms with E-state index < -0.39 is 51.6 Å². The Hall–Kier alpha value is -2.93. The summed E-state index contributed by atoms with van der Waals surface area (Å²) < 4.78 is 75.5. The van der Waals surface area contributed by atoms with Gasteiger partial charge in [-0.15, -0.1) is 0 Å². The van der Waals surface area contributed by atoms with Crippen molar-refractivity contribution < 1.29 is 26.7 Å². The van der Waals surface area contributed by atoms with Crippen LogP contribution in [0.15, 0.2) is 16.9 Å². The Morgan fingerprint density at radius 2 is 1.88 bits per heavy atom. The number of ether oxygens (including phenoxy) is 1. The molecule has 1 aromatic carbocycles. The van der Waals surface area contributed by atoms with Crippen LogP contribution in [-0.4, -0.2) is 52.0 Å². The highest BCUT2D eigenvalue weighted by Crippen LogP contribution is 2.39. The molecule has 0 fully saturated rings. The van der Waals surface area contributed by atoms with E-state index in [0.29, 0.717) is 13.0 Å². The Kier molecular flexibility index (Phi) is 6.88. The van der Waals surface area contributed by atoms with Gasteiger partial charge in [-0.05, 0) is 26.9 Å². The summed E-state index contributed by atoms with van der Waals surface area (Å²) in [5.41, 5.74) is -2.22. The van der Waals surface area contributed by atoms with Gasteiger partial charge in [0.05, 0.1) is 17.7 Å². The smallest absolute Gasteiger partial charge is 0.408 e. The Balaban J connectivity index is 2.14. The molecule has 0 bridgehead atoms. The molecule has 0 saturated heterocycles. The second kappa shape index (κ2) is 9.28. The molecular weight excluding hydrogens is 463 g/mol. The molecule has 0 spiro atoms. The first-order chi connectivity index (χ1) is 15.0. The number of aromatic nitrogens is 4. The maximum absolute atomic E-state index is 14.9. The number of halogens is 6. The van der Waals surface area contributed by atoms with E-state index >= 15 is 0 Å². The van der Waals surface area contributed by atoms with Crippen molar-refractivity contribution in [2.24, 2.45) is 0 Å². The van der Waals surface area contributed by atoms with Crippen molar-refractivity contribution in [3.05, 3.63) is 39.4 Å². The topological polar surface area (TPSA) is 96.3 Å². The van der Waals surface area contributed by atoms with Crippen molar-refractivity contribution >= 4 is 23.2 Å². The van der Waals surface area contributed by atoms with E-state index in [2.05, 4.69) is 25.7 Å². The number of anilines is 1. The first-order valence-electron chi connectivity index (χ1n) is 9.31. The molecule has 14 heteroatoms. The van der Waals surface area contributed by atoms with E-state index in [0.717, 1.165) is 23.6 Å². The lowest BCUT2D eigenvalue weighted by molar-refractivity contribution is -0.138.